The normalized spacial score (nSPS) is 11.6. The van der Waals surface area contributed by atoms with Crippen LogP contribution in [-0.4, -0.2) is 5.91 Å². The van der Waals surface area contributed by atoms with Gasteiger partial charge in [-0.15, -0.1) is 10.2 Å². The Balaban J connectivity index is 2.44. The summed E-state index contributed by atoms with van der Waals surface area (Å²) in [4.78, 5) is 11.2. The second-order valence-electron chi connectivity index (χ2n) is 4.82. The number of azo groups is 1. The number of nitrogens with zero attached hydrogens (tertiary/aromatic N) is 2. The molecule has 136 valence electrons. The van der Waals surface area contributed by atoms with Crippen molar-refractivity contribution in [1.82, 2.24) is 0 Å². The molecule has 1 amide bonds. The van der Waals surface area contributed by atoms with E-state index in [4.69, 9.17) is 0 Å². The van der Waals surface area contributed by atoms with Crippen molar-refractivity contribution in [2.24, 2.45) is 10.2 Å². The molecule has 2 aromatic rings. The number of halogens is 6. The van der Waals surface area contributed by atoms with Crippen LogP contribution in [0.5, 0.6) is 0 Å². The summed E-state index contributed by atoms with van der Waals surface area (Å²) >= 11 is 0. The van der Waals surface area contributed by atoms with Crippen molar-refractivity contribution >= 4 is 23.0 Å². The molecule has 10 heteroatoms. The van der Waals surface area contributed by atoms with Crippen LogP contribution in [0.15, 0.2) is 53.2 Å². The summed E-state index contributed by atoms with van der Waals surface area (Å²) in [5.74, 6) is -5.70. The number of benzene rings is 2. The number of rotatable bonds is 4. The molecule has 0 aliphatic rings. The molecule has 0 unspecified atom stereocenters. The van der Waals surface area contributed by atoms with Gasteiger partial charge in [0.2, 0.25) is 5.91 Å². The number of amides is 1. The van der Waals surface area contributed by atoms with Gasteiger partial charge in [0.05, 0.1) is 11.3 Å². The molecule has 0 spiro atoms. The molecule has 1 N–H and O–H groups in total. The fourth-order valence-corrected chi connectivity index (χ4v) is 1.82. The van der Waals surface area contributed by atoms with Gasteiger partial charge >= 0.3 is 6.18 Å². The zero-order chi connectivity index (χ0) is 19.5. The Bertz CT molecular complexity index is 892. The first-order chi connectivity index (χ1) is 12.1. The van der Waals surface area contributed by atoms with Crippen molar-refractivity contribution in [3.05, 3.63) is 66.0 Å². The number of carbonyl (C=O) groups is 1. The Morgan fingerprint density at radius 1 is 1.00 bits per heavy atom. The van der Waals surface area contributed by atoms with E-state index < -0.39 is 46.5 Å². The van der Waals surface area contributed by atoms with Gasteiger partial charge in [0.25, 0.3) is 0 Å². The zero-order valence-electron chi connectivity index (χ0n) is 12.7. The van der Waals surface area contributed by atoms with Gasteiger partial charge < -0.3 is 5.32 Å². The summed E-state index contributed by atoms with van der Waals surface area (Å²) in [5, 5.41) is 8.60. The maximum absolute atomic E-state index is 13.5. The standard InChI is InChI=1S/C16H9F6N3O/c1-2-13(26)23-8-3-5-11(9(7-8)16(20,21)22)24-25-12-6-4-10(17)14(18)15(12)19/h2-7H,1H2,(H,23,26). The minimum absolute atomic E-state index is 0.180. The first kappa shape index (κ1) is 19.2. The summed E-state index contributed by atoms with van der Waals surface area (Å²) < 4.78 is 78.9. The van der Waals surface area contributed by atoms with Gasteiger partial charge in [-0.3, -0.25) is 4.79 Å². The van der Waals surface area contributed by atoms with Crippen molar-refractivity contribution in [3.8, 4) is 0 Å². The SMILES string of the molecule is C=CC(=O)Nc1ccc(N=Nc2ccc(F)c(F)c2F)c(C(F)(F)F)c1. The van der Waals surface area contributed by atoms with Crippen LogP contribution in [0.4, 0.5) is 43.4 Å². The van der Waals surface area contributed by atoms with E-state index in [9.17, 15) is 31.1 Å². The van der Waals surface area contributed by atoms with E-state index in [-0.39, 0.29) is 5.69 Å². The van der Waals surface area contributed by atoms with Crippen LogP contribution in [-0.2, 0) is 11.0 Å². The van der Waals surface area contributed by atoms with Crippen LogP contribution < -0.4 is 5.32 Å². The molecule has 0 saturated heterocycles. The van der Waals surface area contributed by atoms with E-state index in [1.807, 2.05) is 0 Å². The average Bonchev–Trinajstić information content (AvgIpc) is 2.59. The molecular formula is C16H9F6N3O. The third-order valence-electron chi connectivity index (χ3n) is 3.04. The highest BCUT2D eigenvalue weighted by atomic mass is 19.4. The summed E-state index contributed by atoms with van der Waals surface area (Å²) in [6.07, 6.45) is -4.00. The van der Waals surface area contributed by atoms with E-state index in [0.717, 1.165) is 24.3 Å². The number of nitrogens with one attached hydrogen (secondary N) is 1. The van der Waals surface area contributed by atoms with Gasteiger partial charge in [0.15, 0.2) is 17.5 Å². The van der Waals surface area contributed by atoms with Crippen LogP contribution in [0, 0.1) is 17.5 Å². The van der Waals surface area contributed by atoms with E-state index in [1.54, 1.807) is 0 Å². The Morgan fingerprint density at radius 3 is 2.23 bits per heavy atom. The van der Waals surface area contributed by atoms with E-state index in [0.29, 0.717) is 12.1 Å². The summed E-state index contributed by atoms with van der Waals surface area (Å²) in [6, 6.07) is 3.86. The first-order valence-electron chi connectivity index (χ1n) is 6.83. The number of anilines is 1. The number of hydrogen-bond acceptors (Lipinski definition) is 3. The number of carbonyl (C=O) groups excluding carboxylic acids is 1. The largest absolute Gasteiger partial charge is 0.418 e. The fraction of sp³-hybridized carbons (Fsp3) is 0.0625. The monoisotopic (exact) mass is 373 g/mol. The molecule has 2 aromatic carbocycles. The second-order valence-corrected chi connectivity index (χ2v) is 4.82. The van der Waals surface area contributed by atoms with Gasteiger partial charge in [-0.1, -0.05) is 6.58 Å². The summed E-state index contributed by atoms with van der Waals surface area (Å²) in [5.41, 5.74) is -2.94. The smallest absolute Gasteiger partial charge is 0.323 e. The van der Waals surface area contributed by atoms with E-state index >= 15 is 0 Å². The molecule has 0 atom stereocenters. The lowest BCUT2D eigenvalue weighted by Crippen LogP contribution is -2.10. The molecule has 26 heavy (non-hydrogen) atoms. The molecule has 2 rings (SSSR count). The lowest BCUT2D eigenvalue weighted by molar-refractivity contribution is -0.137. The predicted molar refractivity (Wildman–Crippen MR) is 80.8 cm³/mol. The van der Waals surface area contributed by atoms with Gasteiger partial charge in [-0.05, 0) is 36.4 Å². The Morgan fingerprint density at radius 2 is 1.62 bits per heavy atom. The summed E-state index contributed by atoms with van der Waals surface area (Å²) in [6.45, 7) is 3.17. The Labute approximate surface area is 142 Å². The van der Waals surface area contributed by atoms with Gasteiger partial charge in [-0.25, -0.2) is 13.2 Å². The summed E-state index contributed by atoms with van der Waals surface area (Å²) in [7, 11) is 0. The predicted octanol–water partition coefficient (Wildman–Crippen LogP) is 5.66. The van der Waals surface area contributed by atoms with Crippen molar-refractivity contribution < 1.29 is 31.1 Å². The molecule has 0 heterocycles. The molecule has 0 aliphatic heterocycles. The molecular weight excluding hydrogens is 364 g/mol. The highest BCUT2D eigenvalue weighted by Crippen LogP contribution is 2.38. The molecule has 4 nitrogen and oxygen atoms in total. The Hall–Kier alpha value is -3.17. The van der Waals surface area contributed by atoms with Gasteiger partial charge in [0, 0.05) is 5.69 Å². The van der Waals surface area contributed by atoms with Crippen LogP contribution in [0.2, 0.25) is 0 Å². The Kier molecular flexibility index (Phi) is 5.44. The third kappa shape index (κ3) is 4.26. The molecule has 0 saturated carbocycles. The molecule has 0 bridgehead atoms. The second kappa shape index (κ2) is 7.38. The topological polar surface area (TPSA) is 53.8 Å². The maximum atomic E-state index is 13.5. The highest BCUT2D eigenvalue weighted by molar-refractivity contribution is 5.99. The van der Waals surface area contributed by atoms with Crippen LogP contribution >= 0.6 is 0 Å². The quantitative estimate of drug-likeness (QED) is 0.320. The number of alkyl halides is 3. The zero-order valence-corrected chi connectivity index (χ0v) is 12.7. The average molecular weight is 373 g/mol. The van der Waals surface area contributed by atoms with Crippen LogP contribution in [0.1, 0.15) is 5.56 Å². The number of hydrogen-bond donors (Lipinski definition) is 1. The van der Waals surface area contributed by atoms with Gasteiger partial charge in [-0.2, -0.15) is 13.2 Å². The van der Waals surface area contributed by atoms with E-state index in [2.05, 4.69) is 22.1 Å². The van der Waals surface area contributed by atoms with Crippen molar-refractivity contribution in [2.45, 2.75) is 6.18 Å². The molecule has 0 aliphatic carbocycles. The lowest BCUT2D eigenvalue weighted by atomic mass is 10.1. The van der Waals surface area contributed by atoms with Crippen LogP contribution in [0.25, 0.3) is 0 Å². The molecule has 0 fully saturated rings. The van der Waals surface area contributed by atoms with Crippen molar-refractivity contribution in [3.63, 3.8) is 0 Å². The first-order valence-corrected chi connectivity index (χ1v) is 6.83. The highest BCUT2D eigenvalue weighted by Gasteiger charge is 2.34. The fourth-order valence-electron chi connectivity index (χ4n) is 1.82. The third-order valence-corrected chi connectivity index (χ3v) is 3.04. The minimum Gasteiger partial charge on any atom is -0.323 e. The van der Waals surface area contributed by atoms with Crippen molar-refractivity contribution in [2.75, 3.05) is 5.32 Å². The van der Waals surface area contributed by atoms with Crippen molar-refractivity contribution in [1.29, 1.82) is 0 Å². The minimum atomic E-state index is -4.87. The van der Waals surface area contributed by atoms with Gasteiger partial charge in [0.1, 0.15) is 5.69 Å². The lowest BCUT2D eigenvalue weighted by Gasteiger charge is -2.11. The molecule has 0 radical (unpaired) electrons. The molecule has 0 aromatic heterocycles. The van der Waals surface area contributed by atoms with E-state index in [1.165, 1.54) is 0 Å². The van der Waals surface area contributed by atoms with Crippen LogP contribution in [0.3, 0.4) is 0 Å². The maximum Gasteiger partial charge on any atom is 0.418 e.